The Morgan fingerprint density at radius 2 is 2.00 bits per heavy atom. The lowest BCUT2D eigenvalue weighted by molar-refractivity contribution is 0.0985. The van der Waals surface area contributed by atoms with E-state index in [2.05, 4.69) is 4.98 Å². The lowest BCUT2D eigenvalue weighted by atomic mass is 10.1. The molecule has 0 aliphatic carbocycles. The molecule has 0 radical (unpaired) electrons. The molecule has 92 valence electrons. The third-order valence-electron chi connectivity index (χ3n) is 2.47. The molecule has 18 heavy (non-hydrogen) atoms. The quantitative estimate of drug-likeness (QED) is 0.853. The van der Waals surface area contributed by atoms with Crippen LogP contribution in [0.15, 0.2) is 52.5 Å². The van der Waals surface area contributed by atoms with Gasteiger partial charge in [0.15, 0.2) is 5.78 Å². The summed E-state index contributed by atoms with van der Waals surface area (Å²) in [5.41, 5.74) is 0.651. The first-order valence-corrected chi connectivity index (χ1v) is 6.46. The summed E-state index contributed by atoms with van der Waals surface area (Å²) in [6.07, 6.45) is 3.75. The third-order valence-corrected chi connectivity index (χ3v) is 3.55. The number of carbonyl (C=O) groups excluding carboxylic acids is 1. The largest absolute Gasteiger partial charge is 0.508 e. The molecule has 4 heteroatoms. The topological polar surface area (TPSA) is 50.2 Å². The first-order valence-electron chi connectivity index (χ1n) is 5.65. The SMILES string of the molecule is CCC(=O)c1cnccc1Sc1ccc(O)cc1. The molecule has 1 N–H and O–H groups in total. The number of carbonyl (C=O) groups is 1. The molecule has 0 spiro atoms. The molecular weight excluding hydrogens is 246 g/mol. The lowest BCUT2D eigenvalue weighted by Crippen LogP contribution is -1.99. The van der Waals surface area contributed by atoms with Crippen LogP contribution in [0.4, 0.5) is 0 Å². The highest BCUT2D eigenvalue weighted by Gasteiger charge is 2.10. The highest BCUT2D eigenvalue weighted by atomic mass is 32.2. The fraction of sp³-hybridized carbons (Fsp3) is 0.143. The molecule has 0 saturated carbocycles. The molecule has 0 unspecified atom stereocenters. The van der Waals surface area contributed by atoms with Crippen LogP contribution >= 0.6 is 11.8 Å². The van der Waals surface area contributed by atoms with Crippen molar-refractivity contribution in [3.8, 4) is 5.75 Å². The second kappa shape index (κ2) is 5.69. The Balaban J connectivity index is 2.28. The number of Topliss-reactive ketones (excluding diaryl/α,β-unsaturated/α-hetero) is 1. The number of nitrogens with zero attached hydrogens (tertiary/aromatic N) is 1. The van der Waals surface area contributed by atoms with E-state index in [4.69, 9.17) is 0 Å². The van der Waals surface area contributed by atoms with Gasteiger partial charge >= 0.3 is 0 Å². The van der Waals surface area contributed by atoms with Crippen LogP contribution in [0.3, 0.4) is 0 Å². The van der Waals surface area contributed by atoms with Crippen LogP contribution in [0.5, 0.6) is 5.75 Å². The summed E-state index contributed by atoms with van der Waals surface area (Å²) in [6.45, 7) is 1.84. The van der Waals surface area contributed by atoms with Crippen molar-refractivity contribution in [2.45, 2.75) is 23.1 Å². The van der Waals surface area contributed by atoms with E-state index in [1.807, 2.05) is 25.1 Å². The fourth-order valence-electron chi connectivity index (χ4n) is 1.51. The molecule has 0 atom stereocenters. The summed E-state index contributed by atoms with van der Waals surface area (Å²) >= 11 is 1.49. The third kappa shape index (κ3) is 2.90. The Morgan fingerprint density at radius 1 is 1.28 bits per heavy atom. The standard InChI is InChI=1S/C14H13NO2S/c1-2-13(17)12-9-15-8-7-14(12)18-11-5-3-10(16)4-6-11/h3-9,16H,2H2,1H3. The van der Waals surface area contributed by atoms with Gasteiger partial charge in [-0.15, -0.1) is 0 Å². The van der Waals surface area contributed by atoms with Gasteiger partial charge in [-0.25, -0.2) is 0 Å². The minimum Gasteiger partial charge on any atom is -0.508 e. The van der Waals surface area contributed by atoms with E-state index in [-0.39, 0.29) is 11.5 Å². The van der Waals surface area contributed by atoms with Crippen molar-refractivity contribution in [2.24, 2.45) is 0 Å². The monoisotopic (exact) mass is 259 g/mol. The summed E-state index contributed by atoms with van der Waals surface area (Å²) in [5.74, 6) is 0.323. The van der Waals surface area contributed by atoms with Crippen molar-refractivity contribution in [1.82, 2.24) is 4.98 Å². The summed E-state index contributed by atoms with van der Waals surface area (Å²) in [5, 5.41) is 9.23. The van der Waals surface area contributed by atoms with Gasteiger partial charge in [0.1, 0.15) is 5.75 Å². The van der Waals surface area contributed by atoms with Crippen LogP contribution in [-0.2, 0) is 0 Å². The molecule has 2 aromatic rings. The van der Waals surface area contributed by atoms with E-state index in [0.29, 0.717) is 12.0 Å². The van der Waals surface area contributed by atoms with E-state index in [1.165, 1.54) is 11.8 Å². The number of hydrogen-bond acceptors (Lipinski definition) is 4. The van der Waals surface area contributed by atoms with Crippen LogP contribution in [0, 0.1) is 0 Å². The van der Waals surface area contributed by atoms with Crippen molar-refractivity contribution in [2.75, 3.05) is 0 Å². The highest BCUT2D eigenvalue weighted by Crippen LogP contribution is 2.31. The number of pyridine rings is 1. The van der Waals surface area contributed by atoms with Crippen molar-refractivity contribution < 1.29 is 9.90 Å². The van der Waals surface area contributed by atoms with E-state index in [9.17, 15) is 9.90 Å². The average molecular weight is 259 g/mol. The Hall–Kier alpha value is -1.81. The molecule has 1 aromatic carbocycles. The predicted molar refractivity (Wildman–Crippen MR) is 71.1 cm³/mol. The number of ketones is 1. The Bertz CT molecular complexity index is 552. The van der Waals surface area contributed by atoms with E-state index in [0.717, 1.165) is 9.79 Å². The predicted octanol–water partition coefficient (Wildman–Crippen LogP) is 3.53. The average Bonchev–Trinajstić information content (AvgIpc) is 2.41. The minimum absolute atomic E-state index is 0.0874. The van der Waals surface area contributed by atoms with E-state index >= 15 is 0 Å². The Labute approximate surface area is 110 Å². The van der Waals surface area contributed by atoms with Crippen LogP contribution in [-0.4, -0.2) is 15.9 Å². The summed E-state index contributed by atoms with van der Waals surface area (Å²) < 4.78 is 0. The number of aromatic hydroxyl groups is 1. The van der Waals surface area contributed by atoms with Gasteiger partial charge in [-0.05, 0) is 30.3 Å². The number of phenolic OH excluding ortho intramolecular Hbond substituents is 1. The fourth-order valence-corrected chi connectivity index (χ4v) is 2.44. The van der Waals surface area contributed by atoms with Gasteiger partial charge in [0.2, 0.25) is 0 Å². The number of rotatable bonds is 4. The van der Waals surface area contributed by atoms with Gasteiger partial charge in [0.25, 0.3) is 0 Å². The first kappa shape index (κ1) is 12.6. The lowest BCUT2D eigenvalue weighted by Gasteiger charge is -2.06. The van der Waals surface area contributed by atoms with Crippen molar-refractivity contribution in [3.63, 3.8) is 0 Å². The molecule has 0 bridgehead atoms. The second-order valence-corrected chi connectivity index (χ2v) is 4.86. The summed E-state index contributed by atoms with van der Waals surface area (Å²) in [6, 6.07) is 8.73. The maximum atomic E-state index is 11.8. The molecular formula is C14H13NO2S. The highest BCUT2D eigenvalue weighted by molar-refractivity contribution is 7.99. The van der Waals surface area contributed by atoms with Gasteiger partial charge in [-0.1, -0.05) is 18.7 Å². The number of benzene rings is 1. The van der Waals surface area contributed by atoms with Crippen molar-refractivity contribution in [1.29, 1.82) is 0 Å². The smallest absolute Gasteiger partial charge is 0.165 e. The van der Waals surface area contributed by atoms with Gasteiger partial charge in [-0.3, -0.25) is 9.78 Å². The molecule has 3 nitrogen and oxygen atoms in total. The minimum atomic E-state index is 0.0874. The van der Waals surface area contributed by atoms with Crippen LogP contribution in [0.25, 0.3) is 0 Å². The zero-order chi connectivity index (χ0) is 13.0. The van der Waals surface area contributed by atoms with Crippen LogP contribution in [0.1, 0.15) is 23.7 Å². The first-order chi connectivity index (χ1) is 8.70. The normalized spacial score (nSPS) is 10.3. The van der Waals surface area contributed by atoms with Crippen LogP contribution < -0.4 is 0 Å². The maximum absolute atomic E-state index is 11.8. The van der Waals surface area contributed by atoms with Crippen molar-refractivity contribution >= 4 is 17.5 Å². The number of hydrogen-bond donors (Lipinski definition) is 1. The zero-order valence-electron chi connectivity index (χ0n) is 9.96. The molecule has 0 aliphatic rings. The molecule has 2 rings (SSSR count). The molecule has 0 amide bonds. The summed E-state index contributed by atoms with van der Waals surface area (Å²) in [7, 11) is 0. The second-order valence-electron chi connectivity index (χ2n) is 3.74. The van der Waals surface area contributed by atoms with Gasteiger partial charge < -0.3 is 5.11 Å². The van der Waals surface area contributed by atoms with Crippen LogP contribution in [0.2, 0.25) is 0 Å². The Kier molecular flexibility index (Phi) is 3.99. The van der Waals surface area contributed by atoms with Gasteiger partial charge in [-0.2, -0.15) is 0 Å². The Morgan fingerprint density at radius 3 is 2.67 bits per heavy atom. The number of aromatic nitrogens is 1. The zero-order valence-corrected chi connectivity index (χ0v) is 10.8. The number of phenols is 1. The summed E-state index contributed by atoms with van der Waals surface area (Å²) in [4.78, 5) is 17.6. The van der Waals surface area contributed by atoms with Gasteiger partial charge in [0, 0.05) is 34.2 Å². The van der Waals surface area contributed by atoms with E-state index < -0.39 is 0 Å². The molecule has 0 fully saturated rings. The molecule has 0 aliphatic heterocycles. The van der Waals surface area contributed by atoms with Crippen molar-refractivity contribution in [3.05, 3.63) is 48.3 Å². The maximum Gasteiger partial charge on any atom is 0.165 e. The van der Waals surface area contributed by atoms with E-state index in [1.54, 1.807) is 24.5 Å². The van der Waals surface area contributed by atoms with Gasteiger partial charge in [0.05, 0.1) is 0 Å². The molecule has 1 heterocycles. The molecule has 0 saturated heterocycles. The molecule has 1 aromatic heterocycles.